The number of methoxy groups -OCH3 is 1. The molecule has 4 rings (SSSR count). The molecular weight excluding hydrogens is 324 g/mol. The zero-order valence-corrected chi connectivity index (χ0v) is 14.7. The molecule has 1 spiro atoms. The largest absolute Gasteiger partial charge is 0.493 e. The molecule has 3 atom stereocenters. The third kappa shape index (κ3) is 2.13. The molecule has 0 radical (unpaired) electrons. The normalized spacial score (nSPS) is 30.0. The van der Waals surface area contributed by atoms with Crippen molar-refractivity contribution < 1.29 is 14.6 Å². The summed E-state index contributed by atoms with van der Waals surface area (Å²) in [4.78, 5) is 2.19. The maximum absolute atomic E-state index is 10.1. The monoisotopic (exact) mass is 346 g/mol. The fourth-order valence-corrected chi connectivity index (χ4v) is 4.42. The lowest BCUT2D eigenvalue weighted by molar-refractivity contribution is 0.0833. The Morgan fingerprint density at radius 3 is 3.08 bits per heavy atom. The summed E-state index contributed by atoms with van der Waals surface area (Å²) in [6.07, 6.45) is 5.03. The Kier molecular flexibility index (Phi) is 3.69. The van der Waals surface area contributed by atoms with E-state index in [9.17, 15) is 5.11 Å². The van der Waals surface area contributed by atoms with Gasteiger partial charge in [-0.15, -0.1) is 0 Å². The Balaban J connectivity index is 1.88. The van der Waals surface area contributed by atoms with E-state index in [1.54, 1.807) is 7.11 Å². The lowest BCUT2D eigenvalue weighted by atomic mass is 9.69. The van der Waals surface area contributed by atoms with Gasteiger partial charge in [-0.05, 0) is 30.3 Å². The average molecular weight is 346 g/mol. The first kappa shape index (κ1) is 15.7. The number of benzene rings is 1. The Hall–Kier alpha value is -1.79. The van der Waals surface area contributed by atoms with Crippen molar-refractivity contribution in [2.24, 2.45) is 0 Å². The van der Waals surface area contributed by atoms with Crippen molar-refractivity contribution in [3.8, 4) is 11.5 Å². The van der Waals surface area contributed by atoms with Crippen LogP contribution in [0.5, 0.6) is 11.5 Å². The molecule has 1 aromatic rings. The van der Waals surface area contributed by atoms with Crippen LogP contribution in [0.15, 0.2) is 24.3 Å². The quantitative estimate of drug-likeness (QED) is 0.597. The summed E-state index contributed by atoms with van der Waals surface area (Å²) < 4.78 is 11.8. The first-order valence-electron chi connectivity index (χ1n) is 8.30. The van der Waals surface area contributed by atoms with E-state index in [2.05, 4.69) is 22.4 Å². The second-order valence-corrected chi connectivity index (χ2v) is 7.05. The number of hydrogen-bond acceptors (Lipinski definition) is 4. The fourth-order valence-electron chi connectivity index (χ4n) is 4.27. The van der Waals surface area contributed by atoms with Crippen LogP contribution in [0.2, 0.25) is 0 Å². The molecule has 0 saturated carbocycles. The molecule has 5 nitrogen and oxygen atoms in total. The summed E-state index contributed by atoms with van der Waals surface area (Å²) in [5.41, 5.74) is 2.21. The first-order valence-corrected chi connectivity index (χ1v) is 8.71. The second kappa shape index (κ2) is 5.63. The van der Waals surface area contributed by atoms with Crippen molar-refractivity contribution in [2.75, 3.05) is 20.7 Å². The molecule has 0 saturated heterocycles. The molecule has 0 fully saturated rings. The van der Waals surface area contributed by atoms with E-state index < -0.39 is 6.10 Å². The molecular formula is C18H22N2O3S. The average Bonchev–Trinajstić information content (AvgIpc) is 2.82. The lowest BCUT2D eigenvalue weighted by Gasteiger charge is -2.36. The summed E-state index contributed by atoms with van der Waals surface area (Å²) in [7, 11) is 3.53. The van der Waals surface area contributed by atoms with Gasteiger partial charge >= 0.3 is 0 Å². The summed E-state index contributed by atoms with van der Waals surface area (Å²) in [5, 5.41) is 13.9. The molecule has 128 valence electrons. The molecule has 0 amide bonds. The van der Waals surface area contributed by atoms with Gasteiger partial charge in [-0.1, -0.05) is 18.2 Å². The van der Waals surface area contributed by atoms with Gasteiger partial charge in [0.25, 0.3) is 0 Å². The summed E-state index contributed by atoms with van der Waals surface area (Å²) in [6, 6.07) is 4.08. The van der Waals surface area contributed by atoms with Gasteiger partial charge in [0.05, 0.1) is 18.6 Å². The minimum atomic E-state index is -0.456. The number of aliphatic hydroxyl groups is 1. The highest BCUT2D eigenvalue weighted by atomic mass is 32.1. The number of nitrogens with one attached hydrogen (secondary N) is 1. The van der Waals surface area contributed by atoms with E-state index in [-0.39, 0.29) is 11.5 Å². The van der Waals surface area contributed by atoms with Crippen molar-refractivity contribution in [1.82, 2.24) is 10.2 Å². The lowest BCUT2D eigenvalue weighted by Crippen LogP contribution is -2.44. The predicted octanol–water partition coefficient (Wildman–Crippen LogP) is 1.72. The highest BCUT2D eigenvalue weighted by molar-refractivity contribution is 7.80. The van der Waals surface area contributed by atoms with Gasteiger partial charge in [-0.25, -0.2) is 0 Å². The highest BCUT2D eigenvalue weighted by Crippen LogP contribution is 2.55. The van der Waals surface area contributed by atoms with Crippen molar-refractivity contribution in [1.29, 1.82) is 0 Å². The third-order valence-electron chi connectivity index (χ3n) is 5.46. The molecule has 2 aliphatic heterocycles. The topological polar surface area (TPSA) is 54.0 Å². The summed E-state index contributed by atoms with van der Waals surface area (Å²) in [5.74, 6) is 1.59. The van der Waals surface area contributed by atoms with Gasteiger partial charge in [0.15, 0.2) is 16.6 Å². The molecule has 6 heteroatoms. The molecule has 0 bridgehead atoms. The van der Waals surface area contributed by atoms with E-state index in [0.717, 1.165) is 36.1 Å². The SMILES string of the molecule is CNC(=S)N1CCC23C=CC(O)CC2Oc2c(OC)ccc(c23)C1. The van der Waals surface area contributed by atoms with Crippen LogP contribution in [0.4, 0.5) is 0 Å². The molecule has 2 heterocycles. The number of hydrogen-bond donors (Lipinski definition) is 2. The minimum Gasteiger partial charge on any atom is -0.493 e. The molecule has 3 unspecified atom stereocenters. The number of thiocarbonyl (C=S) groups is 1. The van der Waals surface area contributed by atoms with Crippen molar-refractivity contribution >= 4 is 17.3 Å². The molecule has 2 N–H and O–H groups in total. The van der Waals surface area contributed by atoms with Gasteiger partial charge < -0.3 is 24.8 Å². The van der Waals surface area contributed by atoms with Crippen LogP contribution in [0, 0.1) is 0 Å². The van der Waals surface area contributed by atoms with E-state index in [0.29, 0.717) is 6.42 Å². The van der Waals surface area contributed by atoms with Crippen molar-refractivity contribution in [3.63, 3.8) is 0 Å². The predicted molar refractivity (Wildman–Crippen MR) is 95.5 cm³/mol. The standard InChI is InChI=1S/C18H22N2O3S/c1-19-17(24)20-8-7-18-6-5-12(21)9-14(18)23-16-13(22-2)4-3-11(10-20)15(16)18/h3-6,12,14,21H,7-10H2,1-2H3,(H,19,24). The zero-order chi connectivity index (χ0) is 16.9. The van der Waals surface area contributed by atoms with Crippen LogP contribution in [0.3, 0.4) is 0 Å². The smallest absolute Gasteiger partial charge is 0.168 e. The summed E-state index contributed by atoms with van der Waals surface area (Å²) in [6.45, 7) is 1.59. The van der Waals surface area contributed by atoms with Gasteiger partial charge in [-0.2, -0.15) is 0 Å². The van der Waals surface area contributed by atoms with Crippen LogP contribution in [-0.4, -0.2) is 48.0 Å². The van der Waals surface area contributed by atoms with Crippen LogP contribution in [-0.2, 0) is 12.0 Å². The minimum absolute atomic E-state index is 0.0642. The van der Waals surface area contributed by atoms with E-state index in [1.165, 1.54) is 11.1 Å². The number of ether oxygens (including phenoxy) is 2. The molecule has 0 aromatic heterocycles. The number of nitrogens with zero attached hydrogens (tertiary/aromatic N) is 1. The second-order valence-electron chi connectivity index (χ2n) is 6.67. The zero-order valence-electron chi connectivity index (χ0n) is 13.9. The fraction of sp³-hybridized carbons (Fsp3) is 0.500. The highest BCUT2D eigenvalue weighted by Gasteiger charge is 2.52. The maximum atomic E-state index is 10.1. The van der Waals surface area contributed by atoms with E-state index in [4.69, 9.17) is 21.7 Å². The van der Waals surface area contributed by atoms with Crippen molar-refractivity contribution in [3.05, 3.63) is 35.4 Å². The van der Waals surface area contributed by atoms with E-state index >= 15 is 0 Å². The Morgan fingerprint density at radius 2 is 2.33 bits per heavy atom. The Bertz CT molecular complexity index is 720. The van der Waals surface area contributed by atoms with Crippen LogP contribution in [0.25, 0.3) is 0 Å². The first-order chi connectivity index (χ1) is 11.6. The van der Waals surface area contributed by atoms with Crippen molar-refractivity contribution in [2.45, 2.75) is 37.0 Å². The van der Waals surface area contributed by atoms with Gasteiger partial charge in [0.1, 0.15) is 6.10 Å². The molecule has 24 heavy (non-hydrogen) atoms. The van der Waals surface area contributed by atoms with E-state index in [1.807, 2.05) is 19.2 Å². The Labute approximate surface area is 147 Å². The maximum Gasteiger partial charge on any atom is 0.168 e. The third-order valence-corrected chi connectivity index (χ3v) is 5.92. The van der Waals surface area contributed by atoms with Crippen LogP contribution < -0.4 is 14.8 Å². The summed E-state index contributed by atoms with van der Waals surface area (Å²) >= 11 is 5.47. The molecule has 3 aliphatic rings. The van der Waals surface area contributed by atoms with Gasteiger partial charge in [-0.3, -0.25) is 0 Å². The van der Waals surface area contributed by atoms with Gasteiger partial charge in [0.2, 0.25) is 0 Å². The van der Waals surface area contributed by atoms with Crippen LogP contribution >= 0.6 is 12.2 Å². The molecule has 1 aliphatic carbocycles. The van der Waals surface area contributed by atoms with Gasteiger partial charge in [0, 0.05) is 32.1 Å². The Morgan fingerprint density at radius 1 is 1.50 bits per heavy atom. The van der Waals surface area contributed by atoms with Crippen LogP contribution in [0.1, 0.15) is 24.0 Å². The number of rotatable bonds is 1. The number of aliphatic hydroxyl groups excluding tert-OH is 1. The molecule has 1 aromatic carbocycles.